The Hall–Kier alpha value is -0.340. The van der Waals surface area contributed by atoms with Gasteiger partial charge in [-0.05, 0) is 65.0 Å². The van der Waals surface area contributed by atoms with E-state index in [2.05, 4.69) is 25.3 Å². The third kappa shape index (κ3) is 2.05. The van der Waals surface area contributed by atoms with Crippen LogP contribution in [0.4, 0.5) is 0 Å². The summed E-state index contributed by atoms with van der Waals surface area (Å²) >= 11 is 0. The molecule has 0 spiro atoms. The van der Waals surface area contributed by atoms with Crippen molar-refractivity contribution < 1.29 is 5.11 Å². The van der Waals surface area contributed by atoms with Gasteiger partial charge in [0.25, 0.3) is 0 Å². The fraction of sp³-hybridized carbons (Fsp3) is 0.857. The smallest absolute Gasteiger partial charge is 0.0726 e. The summed E-state index contributed by atoms with van der Waals surface area (Å²) in [4.78, 5) is 2.51. The summed E-state index contributed by atoms with van der Waals surface area (Å²) in [5, 5.41) is 10.4. The van der Waals surface area contributed by atoms with Gasteiger partial charge in [0, 0.05) is 5.54 Å². The summed E-state index contributed by atoms with van der Waals surface area (Å²) in [6.45, 7) is 10.7. The second kappa shape index (κ2) is 4.50. The molecule has 0 aromatic heterocycles. The first kappa shape index (κ1) is 12.1. The third-order valence-corrected chi connectivity index (χ3v) is 4.75. The molecule has 1 saturated carbocycles. The van der Waals surface area contributed by atoms with Gasteiger partial charge < -0.3 is 5.11 Å². The SMILES string of the molecule is C=C(C)[C@H]1CC[C@@](C)(N2CCCC2)[C@H](O)C1. The molecule has 1 heterocycles. The predicted octanol–water partition coefficient (Wildman–Crippen LogP) is 2.58. The zero-order valence-corrected chi connectivity index (χ0v) is 10.7. The maximum atomic E-state index is 10.4. The van der Waals surface area contributed by atoms with Crippen LogP contribution in [0.15, 0.2) is 12.2 Å². The Labute approximate surface area is 99.3 Å². The monoisotopic (exact) mass is 223 g/mol. The Balaban J connectivity index is 2.04. The number of aliphatic hydroxyl groups is 1. The maximum absolute atomic E-state index is 10.4. The van der Waals surface area contributed by atoms with E-state index in [-0.39, 0.29) is 11.6 Å². The van der Waals surface area contributed by atoms with Crippen LogP contribution in [0.1, 0.15) is 46.0 Å². The third-order valence-electron chi connectivity index (χ3n) is 4.75. The normalized spacial score (nSPS) is 41.2. The van der Waals surface area contributed by atoms with E-state index in [4.69, 9.17) is 0 Å². The van der Waals surface area contributed by atoms with E-state index in [1.165, 1.54) is 37.9 Å². The van der Waals surface area contributed by atoms with Crippen LogP contribution in [0.2, 0.25) is 0 Å². The predicted molar refractivity (Wildman–Crippen MR) is 67.4 cm³/mol. The van der Waals surface area contributed by atoms with E-state index in [0.29, 0.717) is 5.92 Å². The fourth-order valence-electron chi connectivity index (χ4n) is 3.32. The number of hydrogen-bond donors (Lipinski definition) is 1. The molecule has 16 heavy (non-hydrogen) atoms. The molecule has 2 nitrogen and oxygen atoms in total. The van der Waals surface area contributed by atoms with Crippen LogP contribution in [0.5, 0.6) is 0 Å². The lowest BCUT2D eigenvalue weighted by molar-refractivity contribution is -0.0485. The molecular weight excluding hydrogens is 198 g/mol. The highest BCUT2D eigenvalue weighted by Crippen LogP contribution is 2.40. The van der Waals surface area contributed by atoms with Crippen molar-refractivity contribution in [2.45, 2.75) is 57.6 Å². The molecule has 0 bridgehead atoms. The minimum atomic E-state index is -0.180. The summed E-state index contributed by atoms with van der Waals surface area (Å²) in [5.41, 5.74) is 1.27. The van der Waals surface area contributed by atoms with Crippen LogP contribution in [-0.4, -0.2) is 34.7 Å². The van der Waals surface area contributed by atoms with Gasteiger partial charge in [0.1, 0.15) is 0 Å². The summed E-state index contributed by atoms with van der Waals surface area (Å²) in [5.74, 6) is 0.533. The van der Waals surface area contributed by atoms with Crippen LogP contribution in [0.25, 0.3) is 0 Å². The topological polar surface area (TPSA) is 23.5 Å². The minimum Gasteiger partial charge on any atom is -0.391 e. The quantitative estimate of drug-likeness (QED) is 0.727. The average Bonchev–Trinajstić information content (AvgIpc) is 2.75. The molecule has 3 atom stereocenters. The molecule has 2 heteroatoms. The van der Waals surface area contributed by atoms with Gasteiger partial charge in [0.15, 0.2) is 0 Å². The molecule has 1 saturated heterocycles. The van der Waals surface area contributed by atoms with Crippen molar-refractivity contribution in [2.75, 3.05) is 13.1 Å². The van der Waals surface area contributed by atoms with Crippen molar-refractivity contribution in [3.05, 3.63) is 12.2 Å². The summed E-state index contributed by atoms with van der Waals surface area (Å²) in [6.07, 6.45) is 5.63. The van der Waals surface area contributed by atoms with Crippen molar-refractivity contribution in [1.82, 2.24) is 4.90 Å². The zero-order valence-electron chi connectivity index (χ0n) is 10.7. The Morgan fingerprint density at radius 3 is 2.50 bits per heavy atom. The van der Waals surface area contributed by atoms with Gasteiger partial charge in [-0.3, -0.25) is 4.90 Å². The van der Waals surface area contributed by atoms with Crippen LogP contribution >= 0.6 is 0 Å². The van der Waals surface area contributed by atoms with Crippen LogP contribution in [0, 0.1) is 5.92 Å². The largest absolute Gasteiger partial charge is 0.391 e. The van der Waals surface area contributed by atoms with E-state index in [0.717, 1.165) is 12.8 Å². The molecule has 0 aromatic carbocycles. The van der Waals surface area contributed by atoms with Crippen LogP contribution in [0.3, 0.4) is 0 Å². The molecule has 2 rings (SSSR count). The van der Waals surface area contributed by atoms with E-state index < -0.39 is 0 Å². The van der Waals surface area contributed by atoms with Crippen molar-refractivity contribution in [1.29, 1.82) is 0 Å². The fourth-order valence-corrected chi connectivity index (χ4v) is 3.32. The van der Waals surface area contributed by atoms with Gasteiger partial charge in [-0.15, -0.1) is 0 Å². The lowest BCUT2D eigenvalue weighted by atomic mass is 9.72. The maximum Gasteiger partial charge on any atom is 0.0726 e. The molecule has 0 amide bonds. The Morgan fingerprint density at radius 1 is 1.38 bits per heavy atom. The first-order chi connectivity index (χ1) is 7.54. The second-order valence-electron chi connectivity index (χ2n) is 5.88. The van der Waals surface area contributed by atoms with Crippen LogP contribution in [-0.2, 0) is 0 Å². The number of nitrogens with zero attached hydrogens (tertiary/aromatic N) is 1. The van der Waals surface area contributed by atoms with Gasteiger partial charge >= 0.3 is 0 Å². The lowest BCUT2D eigenvalue weighted by Gasteiger charge is -2.47. The number of rotatable bonds is 2. The van der Waals surface area contributed by atoms with Gasteiger partial charge in [-0.1, -0.05) is 12.2 Å². The molecule has 0 aromatic rings. The highest BCUT2D eigenvalue weighted by atomic mass is 16.3. The summed E-state index contributed by atoms with van der Waals surface area (Å²) < 4.78 is 0. The summed E-state index contributed by atoms with van der Waals surface area (Å²) in [7, 11) is 0. The van der Waals surface area contributed by atoms with Crippen molar-refractivity contribution in [3.8, 4) is 0 Å². The molecule has 1 aliphatic carbocycles. The van der Waals surface area contributed by atoms with Gasteiger partial charge in [0.05, 0.1) is 6.10 Å². The first-order valence-corrected chi connectivity index (χ1v) is 6.62. The molecular formula is C14H25NO. The minimum absolute atomic E-state index is 0.0302. The van der Waals surface area contributed by atoms with E-state index in [1.807, 2.05) is 0 Å². The molecule has 2 fully saturated rings. The van der Waals surface area contributed by atoms with E-state index in [1.54, 1.807) is 0 Å². The van der Waals surface area contributed by atoms with Crippen molar-refractivity contribution >= 4 is 0 Å². The average molecular weight is 223 g/mol. The Bertz CT molecular complexity index is 270. The van der Waals surface area contributed by atoms with Gasteiger partial charge in [-0.2, -0.15) is 0 Å². The molecule has 1 aliphatic heterocycles. The lowest BCUT2D eigenvalue weighted by Crippen LogP contribution is -2.56. The second-order valence-corrected chi connectivity index (χ2v) is 5.88. The highest BCUT2D eigenvalue weighted by Gasteiger charge is 2.43. The zero-order chi connectivity index (χ0) is 11.8. The van der Waals surface area contributed by atoms with Crippen molar-refractivity contribution in [3.63, 3.8) is 0 Å². The number of aliphatic hydroxyl groups excluding tert-OH is 1. The summed E-state index contributed by atoms with van der Waals surface area (Å²) in [6, 6.07) is 0. The number of hydrogen-bond acceptors (Lipinski definition) is 2. The van der Waals surface area contributed by atoms with E-state index in [9.17, 15) is 5.11 Å². The molecule has 0 radical (unpaired) electrons. The van der Waals surface area contributed by atoms with Gasteiger partial charge in [0.2, 0.25) is 0 Å². The molecule has 2 aliphatic rings. The van der Waals surface area contributed by atoms with Gasteiger partial charge in [-0.25, -0.2) is 0 Å². The number of likely N-dealkylation sites (tertiary alicyclic amines) is 1. The van der Waals surface area contributed by atoms with Crippen LogP contribution < -0.4 is 0 Å². The van der Waals surface area contributed by atoms with Crippen molar-refractivity contribution in [2.24, 2.45) is 5.92 Å². The molecule has 1 N–H and O–H groups in total. The number of allylic oxidation sites excluding steroid dienone is 1. The standard InChI is InChI=1S/C14H25NO/c1-11(2)12-6-7-14(3,13(16)10-12)15-8-4-5-9-15/h12-13,16H,1,4-10H2,2-3H3/t12-,13+,14+/m0/s1. The Morgan fingerprint density at radius 2 is 2.00 bits per heavy atom. The van der Waals surface area contributed by atoms with E-state index >= 15 is 0 Å². The first-order valence-electron chi connectivity index (χ1n) is 6.62. The molecule has 92 valence electrons. The highest BCUT2D eigenvalue weighted by molar-refractivity contribution is 5.06. The molecule has 0 unspecified atom stereocenters. The Kier molecular flexibility index (Phi) is 3.41.